The Hall–Kier alpha value is -1.46. The van der Waals surface area contributed by atoms with E-state index in [1.807, 2.05) is 6.07 Å². The van der Waals surface area contributed by atoms with Crippen molar-refractivity contribution in [3.05, 3.63) is 23.3 Å². The minimum Gasteiger partial charge on any atom is -0.504 e. The first-order valence-corrected chi connectivity index (χ1v) is 10.5. The number of thiocarbonyl (C=S) groups is 1. The van der Waals surface area contributed by atoms with Crippen LogP contribution in [0.5, 0.6) is 11.5 Å². The number of aliphatic hydroxyl groups is 1. The zero-order chi connectivity index (χ0) is 18.4. The number of hydrogen-bond donors (Lipinski definition) is 2. The van der Waals surface area contributed by atoms with Crippen LogP contribution in [0.4, 0.5) is 0 Å². The lowest BCUT2D eigenvalue weighted by atomic mass is 9.48. The van der Waals surface area contributed by atoms with E-state index in [9.17, 15) is 10.2 Å². The molecule has 1 spiro atoms. The Labute approximate surface area is 164 Å². The van der Waals surface area contributed by atoms with Crippen LogP contribution in [0.1, 0.15) is 43.2 Å². The minimum atomic E-state index is -0.843. The highest BCUT2D eigenvalue weighted by molar-refractivity contribution is 7.78. The standard InChI is InChI=1S/C21H24N2O3S/c24-15-4-3-13-9-16-21(25)6-5-14(22-11-27)19-20(21,17(13)18(15)26-19)7-8-23(16)10-12-1-2-12/h3-4,12,14,16,19,24-25H,1-2,5-10H2/t14-,16-,19+,20+,21-/m1/s1. The molecule has 27 heavy (non-hydrogen) atoms. The van der Waals surface area contributed by atoms with Crippen molar-refractivity contribution < 1.29 is 14.9 Å². The number of aliphatic imine (C=N–C) groups is 1. The average molecular weight is 385 g/mol. The predicted molar refractivity (Wildman–Crippen MR) is 104 cm³/mol. The van der Waals surface area contributed by atoms with E-state index in [0.717, 1.165) is 43.8 Å². The molecular formula is C21H24N2O3S. The number of rotatable bonds is 3. The average Bonchev–Trinajstić information content (AvgIpc) is 3.39. The molecule has 6 heteroatoms. The van der Waals surface area contributed by atoms with Crippen LogP contribution in [0.2, 0.25) is 0 Å². The third-order valence-corrected chi connectivity index (χ3v) is 8.06. The first-order valence-electron chi connectivity index (χ1n) is 10.1. The molecule has 3 aliphatic carbocycles. The minimum absolute atomic E-state index is 0.110. The van der Waals surface area contributed by atoms with Crippen molar-refractivity contribution in [1.82, 2.24) is 4.90 Å². The van der Waals surface area contributed by atoms with Gasteiger partial charge in [-0.2, -0.15) is 0 Å². The summed E-state index contributed by atoms with van der Waals surface area (Å²) >= 11 is 4.89. The highest BCUT2D eigenvalue weighted by Crippen LogP contribution is 2.65. The van der Waals surface area contributed by atoms with Gasteiger partial charge in [-0.25, -0.2) is 4.99 Å². The molecule has 1 saturated heterocycles. The van der Waals surface area contributed by atoms with E-state index in [1.165, 1.54) is 18.4 Å². The molecule has 2 heterocycles. The maximum absolute atomic E-state index is 12.2. The van der Waals surface area contributed by atoms with E-state index in [-0.39, 0.29) is 23.9 Å². The van der Waals surface area contributed by atoms with Gasteiger partial charge in [0.1, 0.15) is 6.10 Å². The molecule has 2 bridgehead atoms. The number of nitrogens with zero attached hydrogens (tertiary/aromatic N) is 2. The van der Waals surface area contributed by atoms with Gasteiger partial charge >= 0.3 is 0 Å². The van der Waals surface area contributed by atoms with Gasteiger partial charge in [-0.05, 0) is 74.8 Å². The number of hydrogen-bond acceptors (Lipinski definition) is 6. The smallest absolute Gasteiger partial charge is 0.165 e. The fourth-order valence-corrected chi connectivity index (χ4v) is 6.79. The molecule has 0 radical (unpaired) electrons. The number of isothiocyanates is 1. The van der Waals surface area contributed by atoms with Gasteiger partial charge in [0, 0.05) is 18.2 Å². The molecule has 0 unspecified atom stereocenters. The van der Waals surface area contributed by atoms with E-state index in [1.54, 1.807) is 6.07 Å². The van der Waals surface area contributed by atoms with Crippen LogP contribution in [-0.2, 0) is 11.8 Å². The molecular weight excluding hydrogens is 360 g/mol. The third-order valence-electron chi connectivity index (χ3n) is 7.95. The summed E-state index contributed by atoms with van der Waals surface area (Å²) < 4.78 is 6.36. The molecule has 6 rings (SSSR count). The van der Waals surface area contributed by atoms with Gasteiger partial charge in [-0.1, -0.05) is 6.07 Å². The number of aromatic hydroxyl groups is 1. The molecule has 1 aromatic rings. The zero-order valence-electron chi connectivity index (χ0n) is 15.2. The van der Waals surface area contributed by atoms with Crippen LogP contribution >= 0.6 is 12.2 Å². The van der Waals surface area contributed by atoms with Crippen molar-refractivity contribution in [2.45, 2.75) is 67.7 Å². The van der Waals surface area contributed by atoms with Crippen LogP contribution in [-0.4, -0.2) is 57.2 Å². The Morgan fingerprint density at radius 1 is 1.30 bits per heavy atom. The lowest BCUT2D eigenvalue weighted by Crippen LogP contribution is -2.77. The summed E-state index contributed by atoms with van der Waals surface area (Å²) in [6, 6.07) is 3.76. The van der Waals surface area contributed by atoms with E-state index in [2.05, 4.69) is 15.1 Å². The van der Waals surface area contributed by atoms with Gasteiger partial charge < -0.3 is 14.9 Å². The second-order valence-corrected chi connectivity index (χ2v) is 9.30. The first-order chi connectivity index (χ1) is 13.1. The molecule has 2 saturated carbocycles. The highest BCUT2D eigenvalue weighted by atomic mass is 32.1. The number of piperidine rings is 1. The Morgan fingerprint density at radius 2 is 2.15 bits per heavy atom. The summed E-state index contributed by atoms with van der Waals surface area (Å²) in [7, 11) is 0. The van der Waals surface area contributed by atoms with Gasteiger partial charge in [0.05, 0.1) is 22.2 Å². The van der Waals surface area contributed by atoms with Crippen LogP contribution in [0, 0.1) is 5.92 Å². The Balaban J connectivity index is 1.56. The molecule has 0 aromatic heterocycles. The van der Waals surface area contributed by atoms with Crippen LogP contribution < -0.4 is 4.74 Å². The second kappa shape index (κ2) is 5.32. The van der Waals surface area contributed by atoms with E-state index in [4.69, 9.17) is 17.0 Å². The molecule has 2 aliphatic heterocycles. The lowest BCUT2D eigenvalue weighted by Gasteiger charge is -2.63. The SMILES string of the molecule is Oc1ccc2c3c1O[C@H]1[C@H](N=C=S)CC[C@@]4(O)[C@@H](C2)N(CC2CC2)CC[C@]314. The predicted octanol–water partition coefficient (Wildman–Crippen LogP) is 2.43. The third kappa shape index (κ3) is 1.92. The number of ether oxygens (including phenoxy) is 1. The molecule has 2 N–H and O–H groups in total. The van der Waals surface area contributed by atoms with Gasteiger partial charge in [0.2, 0.25) is 0 Å². The number of phenolic OH excluding ortho intramolecular Hbond substituents is 1. The van der Waals surface area contributed by atoms with Crippen molar-refractivity contribution in [2.75, 3.05) is 13.1 Å². The molecule has 5 aliphatic rings. The summed E-state index contributed by atoms with van der Waals surface area (Å²) in [5.74, 6) is 1.53. The molecule has 5 atom stereocenters. The maximum atomic E-state index is 12.2. The first kappa shape index (κ1) is 16.5. The fourth-order valence-electron chi connectivity index (χ4n) is 6.66. The van der Waals surface area contributed by atoms with Gasteiger partial charge in [0.25, 0.3) is 0 Å². The molecule has 5 nitrogen and oxygen atoms in total. The maximum Gasteiger partial charge on any atom is 0.165 e. The van der Waals surface area contributed by atoms with Gasteiger partial charge in [-0.15, -0.1) is 0 Å². The zero-order valence-corrected chi connectivity index (χ0v) is 16.0. The Morgan fingerprint density at radius 3 is 2.93 bits per heavy atom. The van der Waals surface area contributed by atoms with Gasteiger partial charge in [-0.3, -0.25) is 4.90 Å². The summed E-state index contributed by atoms with van der Waals surface area (Å²) in [5.41, 5.74) is 0.913. The van der Waals surface area contributed by atoms with Gasteiger partial charge in [0.15, 0.2) is 11.5 Å². The van der Waals surface area contributed by atoms with E-state index >= 15 is 0 Å². The summed E-state index contributed by atoms with van der Waals surface area (Å²) in [5, 5.41) is 25.2. The van der Waals surface area contributed by atoms with Crippen LogP contribution in [0.15, 0.2) is 17.1 Å². The second-order valence-electron chi connectivity index (χ2n) is 9.12. The van der Waals surface area contributed by atoms with E-state index in [0.29, 0.717) is 12.2 Å². The Kier molecular flexibility index (Phi) is 3.25. The summed E-state index contributed by atoms with van der Waals surface area (Å²) in [4.78, 5) is 6.95. The van der Waals surface area contributed by atoms with Crippen molar-refractivity contribution in [3.63, 3.8) is 0 Å². The largest absolute Gasteiger partial charge is 0.504 e. The molecule has 0 amide bonds. The Bertz CT molecular complexity index is 880. The number of benzene rings is 1. The fraction of sp³-hybridized carbons (Fsp3) is 0.667. The van der Waals surface area contributed by atoms with Crippen LogP contribution in [0.25, 0.3) is 0 Å². The lowest BCUT2D eigenvalue weighted by molar-refractivity contribution is -0.189. The van der Waals surface area contributed by atoms with Crippen LogP contribution in [0.3, 0.4) is 0 Å². The topological polar surface area (TPSA) is 65.3 Å². The molecule has 142 valence electrons. The van der Waals surface area contributed by atoms with Crippen molar-refractivity contribution in [2.24, 2.45) is 10.9 Å². The molecule has 1 aromatic carbocycles. The number of likely N-dealkylation sites (tertiary alicyclic amines) is 1. The van der Waals surface area contributed by atoms with E-state index < -0.39 is 11.0 Å². The molecule has 3 fully saturated rings. The van der Waals surface area contributed by atoms with Crippen molar-refractivity contribution in [3.8, 4) is 11.5 Å². The normalized spacial score (nSPS) is 41.4. The highest BCUT2D eigenvalue weighted by Gasteiger charge is 2.73. The summed E-state index contributed by atoms with van der Waals surface area (Å²) in [6.45, 7) is 2.06. The monoisotopic (exact) mass is 384 g/mol. The van der Waals surface area contributed by atoms with Crippen molar-refractivity contribution >= 4 is 17.4 Å². The number of phenols is 1. The quantitative estimate of drug-likeness (QED) is 0.619. The van der Waals surface area contributed by atoms with Crippen molar-refractivity contribution in [1.29, 1.82) is 0 Å². The summed E-state index contributed by atoms with van der Waals surface area (Å²) in [6.07, 6.45) is 5.45.